The fourth-order valence-corrected chi connectivity index (χ4v) is 2.86. The largest absolute Gasteiger partial charge is 0.497 e. The van der Waals surface area contributed by atoms with Gasteiger partial charge in [-0.25, -0.2) is 9.97 Å². The monoisotopic (exact) mass is 397 g/mol. The van der Waals surface area contributed by atoms with E-state index in [2.05, 4.69) is 5.32 Å². The van der Waals surface area contributed by atoms with E-state index in [4.69, 9.17) is 26.3 Å². The summed E-state index contributed by atoms with van der Waals surface area (Å²) in [5, 5.41) is 5.02. The Bertz CT molecular complexity index is 1070. The number of nitrogens with one attached hydrogen (secondary N) is 1. The second kappa shape index (κ2) is 8.25. The Morgan fingerprint density at radius 1 is 0.889 bits per heavy atom. The Hall–Kier alpha value is -2.82. The number of hydrogen-bond acceptors (Lipinski definition) is 4. The van der Waals surface area contributed by atoms with Crippen molar-refractivity contribution in [2.24, 2.45) is 0 Å². The predicted molar refractivity (Wildman–Crippen MR) is 114 cm³/mol. The number of halogens is 2. The first-order chi connectivity index (χ1) is 12.7. The van der Waals surface area contributed by atoms with E-state index < -0.39 is 0 Å². The minimum Gasteiger partial charge on any atom is -0.497 e. The third-order valence-electron chi connectivity index (χ3n) is 4.04. The Balaban J connectivity index is 0.00000210. The summed E-state index contributed by atoms with van der Waals surface area (Å²) in [6, 6.07) is 23.2. The molecule has 3 aromatic carbocycles. The first-order valence-corrected chi connectivity index (χ1v) is 8.54. The van der Waals surface area contributed by atoms with Gasteiger partial charge in [-0.1, -0.05) is 29.8 Å². The average Bonchev–Trinajstić information content (AvgIpc) is 2.68. The first-order valence-electron chi connectivity index (χ1n) is 8.17. The van der Waals surface area contributed by atoms with Crippen LogP contribution >= 0.6 is 24.0 Å². The molecule has 0 saturated carbocycles. The maximum atomic E-state index is 6.00. The van der Waals surface area contributed by atoms with E-state index in [-0.39, 0.29) is 12.4 Å². The standard InChI is InChI=1S/C21H16ClN3O.ClH/c1-26-17-6-4-5-16(13-17)23-21-18-7-2-3-8-19(18)24-20(25-21)14-9-11-15(22)12-10-14;/h2-13H,1H3,(H,23,24,25);1H. The van der Waals surface area contributed by atoms with Crippen LogP contribution in [0, 0.1) is 0 Å². The third kappa shape index (κ3) is 4.13. The van der Waals surface area contributed by atoms with E-state index in [0.717, 1.165) is 33.7 Å². The minimum absolute atomic E-state index is 0. The van der Waals surface area contributed by atoms with E-state index >= 15 is 0 Å². The van der Waals surface area contributed by atoms with Crippen LogP contribution < -0.4 is 10.1 Å². The summed E-state index contributed by atoms with van der Waals surface area (Å²) in [4.78, 5) is 9.44. The zero-order valence-electron chi connectivity index (χ0n) is 14.5. The molecule has 0 spiro atoms. The van der Waals surface area contributed by atoms with Crippen molar-refractivity contribution >= 4 is 46.4 Å². The molecule has 0 bridgehead atoms. The van der Waals surface area contributed by atoms with E-state index in [1.165, 1.54) is 0 Å². The second-order valence-electron chi connectivity index (χ2n) is 5.78. The van der Waals surface area contributed by atoms with Gasteiger partial charge in [0.05, 0.1) is 12.6 Å². The van der Waals surface area contributed by atoms with Gasteiger partial charge >= 0.3 is 0 Å². The highest BCUT2D eigenvalue weighted by atomic mass is 35.5. The number of benzene rings is 3. The molecule has 0 fully saturated rings. The number of hydrogen-bond donors (Lipinski definition) is 1. The van der Waals surface area contributed by atoms with Crippen LogP contribution in [0.4, 0.5) is 11.5 Å². The summed E-state index contributed by atoms with van der Waals surface area (Å²) in [5.41, 5.74) is 2.68. The fraction of sp³-hybridized carbons (Fsp3) is 0.0476. The van der Waals surface area contributed by atoms with E-state index in [0.29, 0.717) is 10.8 Å². The summed E-state index contributed by atoms with van der Waals surface area (Å²) in [6.07, 6.45) is 0. The van der Waals surface area contributed by atoms with Gasteiger partial charge in [0.2, 0.25) is 0 Å². The maximum Gasteiger partial charge on any atom is 0.162 e. The van der Waals surface area contributed by atoms with Crippen LogP contribution in [0.15, 0.2) is 72.8 Å². The lowest BCUT2D eigenvalue weighted by molar-refractivity contribution is 0.415. The van der Waals surface area contributed by atoms with Gasteiger partial charge in [0, 0.05) is 27.7 Å². The Morgan fingerprint density at radius 3 is 2.44 bits per heavy atom. The van der Waals surface area contributed by atoms with Gasteiger partial charge in [-0.2, -0.15) is 0 Å². The third-order valence-corrected chi connectivity index (χ3v) is 4.29. The predicted octanol–water partition coefficient (Wildman–Crippen LogP) is 6.12. The van der Waals surface area contributed by atoms with Gasteiger partial charge < -0.3 is 10.1 Å². The quantitative estimate of drug-likeness (QED) is 0.450. The smallest absolute Gasteiger partial charge is 0.162 e. The lowest BCUT2D eigenvalue weighted by Gasteiger charge is -2.12. The second-order valence-corrected chi connectivity index (χ2v) is 6.21. The van der Waals surface area contributed by atoms with Crippen molar-refractivity contribution in [3.8, 4) is 17.1 Å². The van der Waals surface area contributed by atoms with Gasteiger partial charge in [0.15, 0.2) is 5.82 Å². The molecule has 0 saturated heterocycles. The molecule has 136 valence electrons. The van der Waals surface area contributed by atoms with Gasteiger partial charge in [0.1, 0.15) is 11.6 Å². The molecule has 27 heavy (non-hydrogen) atoms. The molecule has 1 heterocycles. The highest BCUT2D eigenvalue weighted by Gasteiger charge is 2.10. The molecule has 0 aliphatic rings. The van der Waals surface area contributed by atoms with Crippen LogP contribution in [-0.4, -0.2) is 17.1 Å². The lowest BCUT2D eigenvalue weighted by Crippen LogP contribution is -1.99. The van der Waals surface area contributed by atoms with Crippen molar-refractivity contribution in [1.82, 2.24) is 9.97 Å². The number of methoxy groups -OCH3 is 1. The number of ether oxygens (including phenoxy) is 1. The van der Waals surface area contributed by atoms with Gasteiger partial charge in [0.25, 0.3) is 0 Å². The molecule has 0 atom stereocenters. The lowest BCUT2D eigenvalue weighted by atomic mass is 10.2. The number of nitrogens with zero attached hydrogens (tertiary/aromatic N) is 2. The highest BCUT2D eigenvalue weighted by Crippen LogP contribution is 2.28. The van der Waals surface area contributed by atoms with Crippen LogP contribution in [0.1, 0.15) is 0 Å². The molecular formula is C21H17Cl2N3O. The van der Waals surface area contributed by atoms with Crippen molar-refractivity contribution in [3.05, 3.63) is 77.8 Å². The number of para-hydroxylation sites is 1. The molecule has 1 N–H and O–H groups in total. The number of fused-ring (bicyclic) bond motifs is 1. The normalized spacial score (nSPS) is 10.3. The molecule has 0 aliphatic carbocycles. The summed E-state index contributed by atoms with van der Waals surface area (Å²) < 4.78 is 5.30. The van der Waals surface area contributed by atoms with Crippen molar-refractivity contribution in [3.63, 3.8) is 0 Å². The van der Waals surface area contributed by atoms with E-state index in [1.54, 1.807) is 7.11 Å². The number of rotatable bonds is 4. The summed E-state index contributed by atoms with van der Waals surface area (Å²) >= 11 is 6.00. The molecule has 0 aliphatic heterocycles. The van der Waals surface area contributed by atoms with E-state index in [9.17, 15) is 0 Å². The van der Waals surface area contributed by atoms with Crippen molar-refractivity contribution in [2.75, 3.05) is 12.4 Å². The van der Waals surface area contributed by atoms with Crippen LogP contribution in [0.5, 0.6) is 5.75 Å². The summed E-state index contributed by atoms with van der Waals surface area (Å²) in [7, 11) is 1.65. The highest BCUT2D eigenvalue weighted by molar-refractivity contribution is 6.30. The van der Waals surface area contributed by atoms with Crippen LogP contribution in [0.3, 0.4) is 0 Å². The Kier molecular flexibility index (Phi) is 5.79. The SMILES string of the molecule is COc1cccc(Nc2nc(-c3ccc(Cl)cc3)nc3ccccc23)c1.Cl. The molecule has 6 heteroatoms. The molecule has 4 rings (SSSR count). The Morgan fingerprint density at radius 2 is 1.67 bits per heavy atom. The van der Waals surface area contributed by atoms with Gasteiger partial charge in [-0.3, -0.25) is 0 Å². The summed E-state index contributed by atoms with van der Waals surface area (Å²) in [5.74, 6) is 2.17. The Labute approximate surface area is 168 Å². The van der Waals surface area contributed by atoms with Gasteiger partial charge in [-0.05, 0) is 48.5 Å². The van der Waals surface area contributed by atoms with E-state index in [1.807, 2.05) is 72.8 Å². The van der Waals surface area contributed by atoms with Crippen molar-refractivity contribution in [2.45, 2.75) is 0 Å². The molecule has 0 radical (unpaired) electrons. The number of aromatic nitrogens is 2. The van der Waals surface area contributed by atoms with Crippen molar-refractivity contribution in [1.29, 1.82) is 0 Å². The van der Waals surface area contributed by atoms with Crippen LogP contribution in [-0.2, 0) is 0 Å². The molecular weight excluding hydrogens is 381 g/mol. The molecule has 0 amide bonds. The summed E-state index contributed by atoms with van der Waals surface area (Å²) in [6.45, 7) is 0. The van der Waals surface area contributed by atoms with Crippen molar-refractivity contribution < 1.29 is 4.74 Å². The molecule has 0 unspecified atom stereocenters. The zero-order chi connectivity index (χ0) is 17.9. The maximum absolute atomic E-state index is 6.00. The van der Waals surface area contributed by atoms with Crippen LogP contribution in [0.25, 0.3) is 22.3 Å². The molecule has 1 aromatic heterocycles. The minimum atomic E-state index is 0. The number of anilines is 2. The fourth-order valence-electron chi connectivity index (χ4n) is 2.74. The topological polar surface area (TPSA) is 47.0 Å². The molecule has 4 nitrogen and oxygen atoms in total. The van der Waals surface area contributed by atoms with Gasteiger partial charge in [-0.15, -0.1) is 12.4 Å². The average molecular weight is 398 g/mol. The van der Waals surface area contributed by atoms with Crippen LogP contribution in [0.2, 0.25) is 5.02 Å². The zero-order valence-corrected chi connectivity index (χ0v) is 16.1. The first kappa shape index (κ1) is 19.0. The molecule has 4 aromatic rings.